The molecule has 0 saturated heterocycles. The number of methoxy groups -OCH3 is 1. The molecule has 0 radical (unpaired) electrons. The van der Waals surface area contributed by atoms with Gasteiger partial charge in [0.2, 0.25) is 0 Å². The number of rotatable bonds is 5. The van der Waals surface area contributed by atoms with Gasteiger partial charge in [-0.1, -0.05) is 29.5 Å². The van der Waals surface area contributed by atoms with Crippen molar-refractivity contribution in [2.75, 3.05) is 13.7 Å². The van der Waals surface area contributed by atoms with E-state index in [4.69, 9.17) is 13.9 Å². The highest BCUT2D eigenvalue weighted by Gasteiger charge is 2.17. The molecule has 2 aromatic heterocycles. The lowest BCUT2D eigenvalue weighted by Gasteiger charge is -2.05. The Morgan fingerprint density at radius 1 is 1.12 bits per heavy atom. The Kier molecular flexibility index (Phi) is 6.18. The van der Waals surface area contributed by atoms with Crippen LogP contribution in [0, 0.1) is 0 Å². The van der Waals surface area contributed by atoms with E-state index in [2.05, 4.69) is 4.99 Å². The number of nitrogens with zero attached hydrogens (tertiary/aromatic N) is 2. The molecular formula is C23H18N2O7S. The van der Waals surface area contributed by atoms with E-state index in [-0.39, 0.29) is 23.5 Å². The number of thiazole rings is 1. The summed E-state index contributed by atoms with van der Waals surface area (Å²) in [7, 11) is 1.25. The second kappa shape index (κ2) is 9.21. The number of fused-ring (bicyclic) bond motifs is 2. The molecule has 9 nitrogen and oxygen atoms in total. The summed E-state index contributed by atoms with van der Waals surface area (Å²) in [6.07, 6.45) is 0. The number of hydrogen-bond donors (Lipinski definition) is 0. The first-order valence-electron chi connectivity index (χ1n) is 9.90. The number of ether oxygens (including phenoxy) is 2. The Balaban J connectivity index is 1.85. The lowest BCUT2D eigenvalue weighted by molar-refractivity contribution is -0.141. The van der Waals surface area contributed by atoms with Gasteiger partial charge in [-0.05, 0) is 37.3 Å². The summed E-state index contributed by atoms with van der Waals surface area (Å²) >= 11 is 1.09. The quantitative estimate of drug-likeness (QED) is 0.328. The predicted molar refractivity (Wildman–Crippen MR) is 120 cm³/mol. The van der Waals surface area contributed by atoms with E-state index in [1.807, 2.05) is 0 Å². The van der Waals surface area contributed by atoms with Gasteiger partial charge in [0.25, 0.3) is 5.91 Å². The zero-order valence-electron chi connectivity index (χ0n) is 17.7. The van der Waals surface area contributed by atoms with E-state index >= 15 is 0 Å². The highest BCUT2D eigenvalue weighted by atomic mass is 32.1. The van der Waals surface area contributed by atoms with Crippen LogP contribution in [0.1, 0.15) is 27.6 Å². The van der Waals surface area contributed by atoms with E-state index < -0.39 is 23.5 Å². The number of carbonyl (C=O) groups excluding carboxylic acids is 3. The van der Waals surface area contributed by atoms with Crippen LogP contribution < -0.4 is 10.4 Å². The molecule has 4 rings (SSSR count). The van der Waals surface area contributed by atoms with Crippen molar-refractivity contribution >= 4 is 50.4 Å². The van der Waals surface area contributed by atoms with Crippen molar-refractivity contribution in [3.8, 4) is 0 Å². The van der Waals surface area contributed by atoms with Gasteiger partial charge in [-0.3, -0.25) is 9.59 Å². The van der Waals surface area contributed by atoms with Gasteiger partial charge in [-0.2, -0.15) is 4.99 Å². The molecule has 0 spiro atoms. The Hall–Kier alpha value is -4.05. The average molecular weight is 466 g/mol. The molecule has 0 aliphatic rings. The van der Waals surface area contributed by atoms with Crippen molar-refractivity contribution in [1.29, 1.82) is 0 Å². The van der Waals surface area contributed by atoms with Gasteiger partial charge in [0.15, 0.2) is 4.80 Å². The van der Waals surface area contributed by atoms with Crippen LogP contribution in [0.15, 0.2) is 62.7 Å². The topological polar surface area (TPSA) is 117 Å². The molecular weight excluding hydrogens is 448 g/mol. The molecule has 2 heterocycles. The molecule has 1 amide bonds. The number of esters is 2. The second-order valence-electron chi connectivity index (χ2n) is 6.85. The van der Waals surface area contributed by atoms with Gasteiger partial charge in [0.05, 0.1) is 29.5 Å². The number of para-hydroxylation sites is 1. The van der Waals surface area contributed by atoms with Crippen LogP contribution >= 0.6 is 11.3 Å². The molecule has 0 unspecified atom stereocenters. The monoisotopic (exact) mass is 466 g/mol. The maximum Gasteiger partial charge on any atom is 0.349 e. The third kappa shape index (κ3) is 4.46. The molecule has 10 heteroatoms. The highest BCUT2D eigenvalue weighted by molar-refractivity contribution is 7.16. The van der Waals surface area contributed by atoms with Crippen molar-refractivity contribution in [1.82, 2.24) is 4.57 Å². The third-order valence-electron chi connectivity index (χ3n) is 4.78. The standard InChI is InChI=1S/C23H18N2O7S/c1-3-31-21(28)14-8-9-16-18(11-14)33-23(25(16)12-19(26)30-2)24-20(27)15-10-13-6-4-5-7-17(13)32-22(15)29/h4-11H,3,12H2,1-2H3. The molecule has 33 heavy (non-hydrogen) atoms. The summed E-state index contributed by atoms with van der Waals surface area (Å²) in [6, 6.07) is 13.0. The van der Waals surface area contributed by atoms with Crippen LogP contribution in [0.3, 0.4) is 0 Å². The van der Waals surface area contributed by atoms with Crippen molar-refractivity contribution in [2.45, 2.75) is 13.5 Å². The molecule has 2 aromatic carbocycles. The van der Waals surface area contributed by atoms with E-state index in [0.29, 0.717) is 26.7 Å². The van der Waals surface area contributed by atoms with E-state index in [9.17, 15) is 19.2 Å². The molecule has 4 aromatic rings. The fraction of sp³-hybridized carbons (Fsp3) is 0.174. The van der Waals surface area contributed by atoms with Crippen LogP contribution in [0.4, 0.5) is 0 Å². The first-order chi connectivity index (χ1) is 15.9. The maximum atomic E-state index is 12.9. The smallest absolute Gasteiger partial charge is 0.349 e. The number of hydrogen-bond acceptors (Lipinski definition) is 8. The maximum absolute atomic E-state index is 12.9. The van der Waals surface area contributed by atoms with Gasteiger partial charge in [0.1, 0.15) is 17.7 Å². The molecule has 0 aliphatic carbocycles. The third-order valence-corrected chi connectivity index (χ3v) is 5.82. The minimum Gasteiger partial charge on any atom is -0.468 e. The molecule has 168 valence electrons. The van der Waals surface area contributed by atoms with E-state index in [1.54, 1.807) is 49.4 Å². The summed E-state index contributed by atoms with van der Waals surface area (Å²) in [4.78, 5) is 53.6. The summed E-state index contributed by atoms with van der Waals surface area (Å²) in [5, 5.41) is 0.577. The number of amides is 1. The fourth-order valence-electron chi connectivity index (χ4n) is 3.20. The molecule has 0 fully saturated rings. The first kappa shape index (κ1) is 22.2. The fourth-order valence-corrected chi connectivity index (χ4v) is 4.27. The number of benzene rings is 2. The number of aromatic nitrogens is 1. The van der Waals surface area contributed by atoms with Crippen LogP contribution in [0.5, 0.6) is 0 Å². The summed E-state index contributed by atoms with van der Waals surface area (Å²) in [5.74, 6) is -1.86. The van der Waals surface area contributed by atoms with Gasteiger partial charge in [-0.25, -0.2) is 9.59 Å². The molecule has 0 N–H and O–H groups in total. The molecule has 0 aliphatic heterocycles. The molecule has 0 saturated carbocycles. The Labute approximate surface area is 190 Å². The highest BCUT2D eigenvalue weighted by Crippen LogP contribution is 2.20. The Morgan fingerprint density at radius 2 is 1.91 bits per heavy atom. The second-order valence-corrected chi connectivity index (χ2v) is 7.86. The Morgan fingerprint density at radius 3 is 2.67 bits per heavy atom. The first-order valence-corrected chi connectivity index (χ1v) is 10.7. The lowest BCUT2D eigenvalue weighted by Crippen LogP contribution is -2.23. The number of carbonyl (C=O) groups is 3. The lowest BCUT2D eigenvalue weighted by atomic mass is 10.2. The minimum atomic E-state index is -0.815. The van der Waals surface area contributed by atoms with Crippen LogP contribution in [0.2, 0.25) is 0 Å². The predicted octanol–water partition coefficient (Wildman–Crippen LogP) is 2.90. The van der Waals surface area contributed by atoms with E-state index in [0.717, 1.165) is 11.3 Å². The SMILES string of the molecule is CCOC(=O)c1ccc2c(c1)sc(=NC(=O)c1cc3ccccc3oc1=O)n2CC(=O)OC. The van der Waals surface area contributed by atoms with Gasteiger partial charge < -0.3 is 18.5 Å². The zero-order valence-corrected chi connectivity index (χ0v) is 18.5. The zero-order chi connectivity index (χ0) is 23.5. The average Bonchev–Trinajstić information content (AvgIpc) is 3.14. The van der Waals surface area contributed by atoms with Crippen molar-refractivity contribution in [3.05, 3.63) is 74.9 Å². The van der Waals surface area contributed by atoms with Gasteiger partial charge >= 0.3 is 17.6 Å². The van der Waals surface area contributed by atoms with Crippen molar-refractivity contribution in [3.63, 3.8) is 0 Å². The molecule has 0 bridgehead atoms. The van der Waals surface area contributed by atoms with Crippen LogP contribution in [-0.4, -0.2) is 36.1 Å². The summed E-state index contributed by atoms with van der Waals surface area (Å²) in [6.45, 7) is 1.72. The van der Waals surface area contributed by atoms with Gasteiger partial charge in [0, 0.05) is 5.39 Å². The largest absolute Gasteiger partial charge is 0.468 e. The minimum absolute atomic E-state index is 0.161. The molecule has 0 atom stereocenters. The van der Waals surface area contributed by atoms with E-state index in [1.165, 1.54) is 17.7 Å². The Bertz CT molecular complexity index is 1530. The summed E-state index contributed by atoms with van der Waals surface area (Å²) in [5.41, 5.74) is 0.197. The normalized spacial score (nSPS) is 11.6. The van der Waals surface area contributed by atoms with Crippen molar-refractivity contribution < 1.29 is 28.3 Å². The summed E-state index contributed by atoms with van der Waals surface area (Å²) < 4.78 is 17.1. The van der Waals surface area contributed by atoms with Crippen LogP contribution in [-0.2, 0) is 20.8 Å². The van der Waals surface area contributed by atoms with Crippen LogP contribution in [0.25, 0.3) is 21.2 Å². The van der Waals surface area contributed by atoms with Crippen molar-refractivity contribution in [2.24, 2.45) is 4.99 Å². The van der Waals surface area contributed by atoms with Gasteiger partial charge in [-0.15, -0.1) is 0 Å².